The molecule has 0 spiro atoms. The van der Waals surface area contributed by atoms with Crippen molar-refractivity contribution in [3.63, 3.8) is 0 Å². The second-order valence-electron chi connectivity index (χ2n) is 5.67. The Morgan fingerprint density at radius 3 is 2.11 bits per heavy atom. The molecule has 1 aromatic rings. The van der Waals surface area contributed by atoms with Gasteiger partial charge in [0.25, 0.3) is 0 Å². The lowest BCUT2D eigenvalue weighted by Gasteiger charge is -2.01. The van der Waals surface area contributed by atoms with Gasteiger partial charge in [0.05, 0.1) is 12.6 Å². The van der Waals surface area contributed by atoms with Crippen molar-refractivity contribution < 1.29 is 4.57 Å². The molecule has 2 heteroatoms. The van der Waals surface area contributed by atoms with Crippen LogP contribution in [0.2, 0.25) is 0 Å². The fourth-order valence-corrected chi connectivity index (χ4v) is 2.28. The highest BCUT2D eigenvalue weighted by Crippen LogP contribution is 2.08. The highest BCUT2D eigenvalue weighted by molar-refractivity contribution is 4.69. The second-order valence-corrected chi connectivity index (χ2v) is 5.67. The van der Waals surface area contributed by atoms with Crippen molar-refractivity contribution in [2.75, 3.05) is 0 Å². The molecule has 0 fully saturated rings. The lowest BCUT2D eigenvalue weighted by atomic mass is 10.1. The predicted molar refractivity (Wildman–Crippen MR) is 77.6 cm³/mol. The van der Waals surface area contributed by atoms with Crippen molar-refractivity contribution in [3.05, 3.63) is 18.7 Å². The van der Waals surface area contributed by atoms with Gasteiger partial charge in [0.1, 0.15) is 12.4 Å². The minimum absolute atomic E-state index is 0.574. The molecule has 0 aliphatic heterocycles. The van der Waals surface area contributed by atoms with E-state index in [-0.39, 0.29) is 0 Å². The van der Waals surface area contributed by atoms with Crippen LogP contribution in [0.15, 0.2) is 18.7 Å². The van der Waals surface area contributed by atoms with Crippen LogP contribution in [0.25, 0.3) is 0 Å². The zero-order chi connectivity index (χ0) is 13.2. The van der Waals surface area contributed by atoms with Crippen LogP contribution in [-0.2, 0) is 6.54 Å². The summed E-state index contributed by atoms with van der Waals surface area (Å²) in [5.74, 6) is 0. The van der Waals surface area contributed by atoms with Gasteiger partial charge in [-0.3, -0.25) is 0 Å². The van der Waals surface area contributed by atoms with Gasteiger partial charge in [-0.2, -0.15) is 0 Å². The standard InChI is InChI=1S/C16H31N2/c1-4-5-6-7-8-9-10-11-12-17-13-14-18(15-17)16(2)3/h13-16H,4-12H2,1-3H3/q+1. The summed E-state index contributed by atoms with van der Waals surface area (Å²) in [6.45, 7) is 7.90. The number of hydrogen-bond acceptors (Lipinski definition) is 0. The Balaban J connectivity index is 2.00. The Labute approximate surface area is 113 Å². The van der Waals surface area contributed by atoms with Gasteiger partial charge in [-0.25, -0.2) is 9.13 Å². The maximum Gasteiger partial charge on any atom is 0.243 e. The van der Waals surface area contributed by atoms with Gasteiger partial charge in [-0.15, -0.1) is 0 Å². The smallest absolute Gasteiger partial charge is 0.237 e. The summed E-state index contributed by atoms with van der Waals surface area (Å²) >= 11 is 0. The highest BCUT2D eigenvalue weighted by atomic mass is 15.1. The molecule has 0 radical (unpaired) electrons. The molecule has 0 aliphatic carbocycles. The lowest BCUT2D eigenvalue weighted by Crippen LogP contribution is -2.31. The molecule has 1 rings (SSSR count). The number of imidazole rings is 1. The Morgan fingerprint density at radius 1 is 0.944 bits per heavy atom. The van der Waals surface area contributed by atoms with Gasteiger partial charge in [-0.1, -0.05) is 45.4 Å². The Kier molecular flexibility index (Phi) is 7.79. The summed E-state index contributed by atoms with van der Waals surface area (Å²) in [6, 6.07) is 0.574. The number of hydrogen-bond donors (Lipinski definition) is 0. The zero-order valence-corrected chi connectivity index (χ0v) is 12.6. The van der Waals surface area contributed by atoms with E-state index < -0.39 is 0 Å². The number of aryl methyl sites for hydroxylation is 1. The van der Waals surface area contributed by atoms with Crippen LogP contribution in [0.4, 0.5) is 0 Å². The first-order valence-electron chi connectivity index (χ1n) is 7.80. The molecule has 1 aromatic heterocycles. The third-order valence-corrected chi connectivity index (χ3v) is 3.58. The predicted octanol–water partition coefficient (Wildman–Crippen LogP) is 4.50. The summed E-state index contributed by atoms with van der Waals surface area (Å²) in [7, 11) is 0. The van der Waals surface area contributed by atoms with Crippen LogP contribution in [-0.4, -0.2) is 4.57 Å². The first kappa shape index (κ1) is 15.3. The van der Waals surface area contributed by atoms with E-state index in [4.69, 9.17) is 0 Å². The van der Waals surface area contributed by atoms with Crippen molar-refractivity contribution in [3.8, 4) is 0 Å². The van der Waals surface area contributed by atoms with Crippen molar-refractivity contribution in [1.82, 2.24) is 4.57 Å². The average Bonchev–Trinajstić information content (AvgIpc) is 2.81. The quantitative estimate of drug-likeness (QED) is 0.428. The van der Waals surface area contributed by atoms with Gasteiger partial charge in [0.2, 0.25) is 6.33 Å². The van der Waals surface area contributed by atoms with Crippen molar-refractivity contribution in [2.45, 2.75) is 84.7 Å². The van der Waals surface area contributed by atoms with Crippen molar-refractivity contribution in [2.24, 2.45) is 0 Å². The van der Waals surface area contributed by atoms with Crippen molar-refractivity contribution >= 4 is 0 Å². The number of nitrogens with zero attached hydrogens (tertiary/aromatic N) is 2. The SMILES string of the molecule is CCCCCCCCCC[n+]1ccn(C(C)C)c1. The van der Waals surface area contributed by atoms with E-state index in [1.165, 1.54) is 57.9 Å². The monoisotopic (exact) mass is 251 g/mol. The molecule has 2 nitrogen and oxygen atoms in total. The van der Waals surface area contributed by atoms with E-state index in [1.54, 1.807) is 0 Å². The summed E-state index contributed by atoms with van der Waals surface area (Å²) in [5, 5.41) is 0. The normalized spacial score (nSPS) is 11.3. The third kappa shape index (κ3) is 6.23. The second kappa shape index (κ2) is 9.18. The molecular formula is C16H31N2+. The van der Waals surface area contributed by atoms with Crippen LogP contribution in [0.5, 0.6) is 0 Å². The van der Waals surface area contributed by atoms with Crippen LogP contribution >= 0.6 is 0 Å². The zero-order valence-electron chi connectivity index (χ0n) is 12.6. The summed E-state index contributed by atoms with van der Waals surface area (Å²) in [5.41, 5.74) is 0. The van der Waals surface area contributed by atoms with Gasteiger partial charge < -0.3 is 0 Å². The highest BCUT2D eigenvalue weighted by Gasteiger charge is 2.05. The van der Waals surface area contributed by atoms with Gasteiger partial charge in [0, 0.05) is 0 Å². The van der Waals surface area contributed by atoms with E-state index >= 15 is 0 Å². The van der Waals surface area contributed by atoms with E-state index in [2.05, 4.69) is 48.6 Å². The van der Waals surface area contributed by atoms with E-state index in [9.17, 15) is 0 Å². The van der Waals surface area contributed by atoms with E-state index in [0.29, 0.717) is 6.04 Å². The molecule has 0 unspecified atom stereocenters. The first-order valence-corrected chi connectivity index (χ1v) is 7.80. The average molecular weight is 251 g/mol. The number of aromatic nitrogens is 2. The maximum atomic E-state index is 2.32. The molecule has 1 heterocycles. The Morgan fingerprint density at radius 2 is 1.56 bits per heavy atom. The van der Waals surface area contributed by atoms with Crippen LogP contribution in [0, 0.1) is 0 Å². The van der Waals surface area contributed by atoms with E-state index in [0.717, 1.165) is 0 Å². The van der Waals surface area contributed by atoms with Gasteiger partial charge in [0.15, 0.2) is 0 Å². The molecule has 0 amide bonds. The van der Waals surface area contributed by atoms with Crippen LogP contribution in [0.1, 0.15) is 78.2 Å². The minimum Gasteiger partial charge on any atom is -0.237 e. The fourth-order valence-electron chi connectivity index (χ4n) is 2.28. The lowest BCUT2D eigenvalue weighted by molar-refractivity contribution is -0.697. The fraction of sp³-hybridized carbons (Fsp3) is 0.812. The summed E-state index contributed by atoms with van der Waals surface area (Å²) in [6.07, 6.45) is 17.8. The summed E-state index contributed by atoms with van der Waals surface area (Å²) < 4.78 is 4.59. The minimum atomic E-state index is 0.574. The molecule has 0 saturated carbocycles. The van der Waals surface area contributed by atoms with Crippen LogP contribution in [0.3, 0.4) is 0 Å². The number of rotatable bonds is 10. The molecular weight excluding hydrogens is 220 g/mol. The first-order chi connectivity index (χ1) is 8.74. The third-order valence-electron chi connectivity index (χ3n) is 3.58. The topological polar surface area (TPSA) is 8.81 Å². The largest absolute Gasteiger partial charge is 0.243 e. The molecule has 0 aliphatic rings. The molecule has 0 saturated heterocycles. The van der Waals surface area contributed by atoms with Gasteiger partial charge in [-0.05, 0) is 26.7 Å². The molecule has 0 bridgehead atoms. The molecule has 104 valence electrons. The Bertz CT molecular complexity index is 302. The molecule has 18 heavy (non-hydrogen) atoms. The molecule has 0 N–H and O–H groups in total. The van der Waals surface area contributed by atoms with E-state index in [1.807, 2.05) is 0 Å². The Hall–Kier alpha value is -0.790. The summed E-state index contributed by atoms with van der Waals surface area (Å²) in [4.78, 5) is 0. The maximum absolute atomic E-state index is 2.32. The molecule has 0 atom stereocenters. The molecule has 0 aromatic carbocycles. The number of unbranched alkanes of at least 4 members (excludes halogenated alkanes) is 7. The van der Waals surface area contributed by atoms with Crippen LogP contribution < -0.4 is 4.57 Å². The van der Waals surface area contributed by atoms with Gasteiger partial charge >= 0.3 is 0 Å². The van der Waals surface area contributed by atoms with Crippen molar-refractivity contribution in [1.29, 1.82) is 0 Å².